The lowest BCUT2D eigenvalue weighted by molar-refractivity contribution is -0.138. The third kappa shape index (κ3) is 8.70. The van der Waals surface area contributed by atoms with Gasteiger partial charge in [-0.05, 0) is 23.1 Å². The molecule has 1 aromatic carbocycles. The van der Waals surface area contributed by atoms with Gasteiger partial charge < -0.3 is 10.6 Å². The van der Waals surface area contributed by atoms with E-state index in [4.69, 9.17) is 0 Å². The molecule has 7 nitrogen and oxygen atoms in total. The van der Waals surface area contributed by atoms with Gasteiger partial charge in [-0.3, -0.25) is 9.59 Å². The van der Waals surface area contributed by atoms with E-state index in [1.165, 1.54) is 12.1 Å². The Bertz CT molecular complexity index is 785. The third-order valence-corrected chi connectivity index (χ3v) is 5.08. The van der Waals surface area contributed by atoms with E-state index in [2.05, 4.69) is 10.0 Å². The molecule has 2 amide bonds. The molecule has 3 N–H and O–H groups in total. The summed E-state index contributed by atoms with van der Waals surface area (Å²) in [4.78, 5) is 22.8. The predicted octanol–water partition coefficient (Wildman–Crippen LogP) is 1.45. The van der Waals surface area contributed by atoms with E-state index in [-0.39, 0.29) is 23.3 Å². The zero-order valence-electron chi connectivity index (χ0n) is 15.8. The molecule has 1 aromatic rings. The van der Waals surface area contributed by atoms with Crippen molar-refractivity contribution in [3.63, 3.8) is 0 Å². The Morgan fingerprint density at radius 3 is 2.04 bits per heavy atom. The van der Waals surface area contributed by atoms with Gasteiger partial charge in [0.1, 0.15) is 6.54 Å². The highest BCUT2D eigenvalue weighted by atomic mass is 32.2. The van der Waals surface area contributed by atoms with E-state index >= 15 is 0 Å². The summed E-state index contributed by atoms with van der Waals surface area (Å²) in [6.45, 7) is 3.65. The smallest absolute Gasteiger partial charge is 0.347 e. The third-order valence-electron chi connectivity index (χ3n) is 3.61. The Labute approximate surface area is 162 Å². The number of sulfonamides is 1. The first-order valence-corrected chi connectivity index (χ1v) is 9.89. The number of nitrogens with one attached hydrogen (secondary N) is 3. The van der Waals surface area contributed by atoms with Crippen molar-refractivity contribution in [2.24, 2.45) is 0 Å². The lowest BCUT2D eigenvalue weighted by Gasteiger charge is -2.19. The highest BCUT2D eigenvalue weighted by Crippen LogP contribution is 2.23. The summed E-state index contributed by atoms with van der Waals surface area (Å²) >= 11 is 0. The minimum absolute atomic E-state index is 0.0486. The molecule has 28 heavy (non-hydrogen) atoms. The van der Waals surface area contributed by atoms with Gasteiger partial charge in [0.15, 0.2) is 0 Å². The van der Waals surface area contributed by atoms with Crippen LogP contribution < -0.4 is 15.4 Å². The van der Waals surface area contributed by atoms with Crippen LogP contribution in [0.1, 0.15) is 32.8 Å². The zero-order valence-corrected chi connectivity index (χ0v) is 16.6. The summed E-state index contributed by atoms with van der Waals surface area (Å²) < 4.78 is 62.5. The number of hydrogen-bond acceptors (Lipinski definition) is 4. The molecule has 1 rings (SSSR count). The van der Waals surface area contributed by atoms with Crippen molar-refractivity contribution in [2.75, 3.05) is 19.6 Å². The van der Waals surface area contributed by atoms with Crippen LogP contribution >= 0.6 is 0 Å². The normalized spacial score (nSPS) is 12.5. The summed E-state index contributed by atoms with van der Waals surface area (Å²) in [6, 6.07) is 6.35. The summed E-state index contributed by atoms with van der Waals surface area (Å²) in [6.07, 6.45) is -4.81. The van der Waals surface area contributed by atoms with Gasteiger partial charge in [0, 0.05) is 13.0 Å². The molecule has 0 aliphatic heterocycles. The molecule has 0 heterocycles. The number of alkyl halides is 3. The van der Waals surface area contributed by atoms with Crippen molar-refractivity contribution in [1.29, 1.82) is 0 Å². The van der Waals surface area contributed by atoms with Crippen LogP contribution in [-0.4, -0.2) is 46.0 Å². The van der Waals surface area contributed by atoms with Crippen molar-refractivity contribution >= 4 is 21.8 Å². The highest BCUT2D eigenvalue weighted by Gasteiger charge is 2.27. The van der Waals surface area contributed by atoms with Crippen LogP contribution in [0, 0.1) is 0 Å². The number of benzene rings is 1. The topological polar surface area (TPSA) is 104 Å². The van der Waals surface area contributed by atoms with Crippen LogP contribution in [0.15, 0.2) is 29.2 Å². The summed E-state index contributed by atoms with van der Waals surface area (Å²) in [5, 5.41) is 3.72. The average molecular weight is 423 g/mol. The van der Waals surface area contributed by atoms with Crippen LogP contribution in [-0.2, 0) is 25.0 Å². The lowest BCUT2D eigenvalue weighted by Crippen LogP contribution is -2.41. The Morgan fingerprint density at radius 2 is 1.54 bits per heavy atom. The molecule has 0 aliphatic carbocycles. The van der Waals surface area contributed by atoms with Crippen LogP contribution in [0.25, 0.3) is 0 Å². The second-order valence-electron chi connectivity index (χ2n) is 7.09. The van der Waals surface area contributed by atoms with E-state index in [1.54, 1.807) is 17.4 Å². The summed E-state index contributed by atoms with van der Waals surface area (Å²) in [7, 11) is -3.81. The monoisotopic (exact) mass is 423 g/mol. The molecule has 0 aromatic heterocycles. The van der Waals surface area contributed by atoms with Gasteiger partial charge in [0.05, 0.1) is 11.4 Å². The molecule has 0 saturated heterocycles. The number of rotatable bonds is 8. The molecule has 0 saturated carbocycles. The molecule has 0 fully saturated rings. The van der Waals surface area contributed by atoms with Crippen molar-refractivity contribution in [3.8, 4) is 0 Å². The fourth-order valence-corrected chi connectivity index (χ4v) is 3.08. The molecule has 0 aliphatic rings. The van der Waals surface area contributed by atoms with E-state index in [9.17, 15) is 31.2 Å². The largest absolute Gasteiger partial charge is 0.405 e. The maximum Gasteiger partial charge on any atom is 0.405 e. The molecule has 0 atom stereocenters. The fourth-order valence-electron chi connectivity index (χ4n) is 2.04. The molecule has 0 spiro atoms. The van der Waals surface area contributed by atoms with Gasteiger partial charge in [-0.15, -0.1) is 0 Å². The predicted molar refractivity (Wildman–Crippen MR) is 97.0 cm³/mol. The second kappa shape index (κ2) is 9.37. The Balaban J connectivity index is 2.43. The van der Waals surface area contributed by atoms with Crippen molar-refractivity contribution in [1.82, 2.24) is 15.4 Å². The molecule has 158 valence electrons. The van der Waals surface area contributed by atoms with Crippen LogP contribution in [0.3, 0.4) is 0 Å². The van der Waals surface area contributed by atoms with E-state index in [0.717, 1.165) is 5.56 Å². The molecular weight excluding hydrogens is 399 g/mol. The minimum atomic E-state index is -4.54. The fraction of sp³-hybridized carbons (Fsp3) is 0.529. The first kappa shape index (κ1) is 23.9. The van der Waals surface area contributed by atoms with Gasteiger partial charge in [0.25, 0.3) is 0 Å². The van der Waals surface area contributed by atoms with Crippen LogP contribution in [0.4, 0.5) is 13.2 Å². The summed E-state index contributed by atoms with van der Waals surface area (Å²) in [5.74, 6) is -1.67. The Morgan fingerprint density at radius 1 is 0.964 bits per heavy atom. The van der Waals surface area contributed by atoms with Crippen molar-refractivity contribution in [2.45, 2.75) is 43.7 Å². The van der Waals surface area contributed by atoms with Crippen LogP contribution in [0.5, 0.6) is 0 Å². The second-order valence-corrected chi connectivity index (χ2v) is 8.86. The maximum absolute atomic E-state index is 12.2. The molecule has 0 radical (unpaired) electrons. The van der Waals surface area contributed by atoms with Gasteiger partial charge >= 0.3 is 6.18 Å². The van der Waals surface area contributed by atoms with Crippen molar-refractivity contribution < 1.29 is 31.2 Å². The van der Waals surface area contributed by atoms with Crippen molar-refractivity contribution in [3.05, 3.63) is 29.8 Å². The van der Waals surface area contributed by atoms with Gasteiger partial charge in [-0.25, -0.2) is 13.1 Å². The minimum Gasteiger partial charge on any atom is -0.347 e. The van der Waals surface area contributed by atoms with E-state index < -0.39 is 41.1 Å². The number of carbonyl (C=O) groups excluding carboxylic acids is 2. The maximum atomic E-state index is 12.2. The first-order chi connectivity index (χ1) is 12.7. The Hall–Kier alpha value is -2.14. The summed E-state index contributed by atoms with van der Waals surface area (Å²) in [5.41, 5.74) is 0.842. The highest BCUT2D eigenvalue weighted by molar-refractivity contribution is 7.89. The molecule has 11 heteroatoms. The van der Waals surface area contributed by atoms with E-state index in [1.807, 2.05) is 20.8 Å². The van der Waals surface area contributed by atoms with Gasteiger partial charge in [-0.1, -0.05) is 32.9 Å². The Kier molecular flexibility index (Phi) is 8.00. The standard InChI is InChI=1S/C17H24F3N3O4S/c1-16(2,3)12-4-6-13(7-5-12)28(26,27)23-9-8-14(24)21-10-15(25)22-11-17(18,19)20/h4-7,23H,8-11H2,1-3H3,(H,21,24)(H,22,25). The van der Waals surface area contributed by atoms with Gasteiger partial charge in [0.2, 0.25) is 21.8 Å². The number of hydrogen-bond donors (Lipinski definition) is 3. The number of amides is 2. The number of carbonyl (C=O) groups is 2. The molecular formula is C17H24F3N3O4S. The quantitative estimate of drug-likeness (QED) is 0.589. The SMILES string of the molecule is CC(C)(C)c1ccc(S(=O)(=O)NCCC(=O)NCC(=O)NCC(F)(F)F)cc1. The average Bonchev–Trinajstić information content (AvgIpc) is 2.56. The van der Waals surface area contributed by atoms with Gasteiger partial charge in [-0.2, -0.15) is 13.2 Å². The number of halogens is 3. The molecule has 0 unspecified atom stereocenters. The first-order valence-electron chi connectivity index (χ1n) is 8.41. The van der Waals surface area contributed by atoms with Crippen LogP contribution in [0.2, 0.25) is 0 Å². The zero-order chi connectivity index (χ0) is 21.6. The molecule has 0 bridgehead atoms. The van der Waals surface area contributed by atoms with E-state index in [0.29, 0.717) is 0 Å². The lowest BCUT2D eigenvalue weighted by atomic mass is 9.87.